The number of carbonyl (C=O) groups is 1. The first-order chi connectivity index (χ1) is 17.0. The molecule has 3 heterocycles. The van der Waals surface area contributed by atoms with Gasteiger partial charge in [-0.05, 0) is 93.8 Å². The summed E-state index contributed by atoms with van der Waals surface area (Å²) in [6, 6.07) is 20.9. The number of nitrogens with zero attached hydrogens (tertiary/aromatic N) is 2. The molecule has 2 saturated heterocycles. The van der Waals surface area contributed by atoms with Crippen molar-refractivity contribution in [2.75, 3.05) is 10.6 Å². The van der Waals surface area contributed by atoms with E-state index in [-0.39, 0.29) is 12.1 Å². The van der Waals surface area contributed by atoms with Crippen LogP contribution in [0.1, 0.15) is 63.1 Å². The van der Waals surface area contributed by atoms with Crippen LogP contribution in [0.2, 0.25) is 0 Å². The Bertz CT molecular complexity index is 1230. The molecule has 3 aromatic rings. The van der Waals surface area contributed by atoms with Crippen LogP contribution in [0.4, 0.5) is 16.3 Å². The number of aryl methyl sites for hydroxylation is 1. The molecule has 3 N–H and O–H groups in total. The summed E-state index contributed by atoms with van der Waals surface area (Å²) in [5.41, 5.74) is 4.52. The van der Waals surface area contributed by atoms with Gasteiger partial charge in [0, 0.05) is 35.2 Å². The lowest BCUT2D eigenvalue weighted by atomic mass is 9.96. The molecule has 6 heteroatoms. The maximum atomic E-state index is 12.8. The molecule has 2 fully saturated rings. The number of rotatable bonds is 5. The fourth-order valence-electron chi connectivity index (χ4n) is 6.70. The number of carbonyl (C=O) groups excluding carboxylic acids is 1. The molecule has 2 bridgehead atoms. The van der Waals surface area contributed by atoms with E-state index >= 15 is 0 Å². The van der Waals surface area contributed by atoms with E-state index in [1.165, 1.54) is 24.0 Å². The molecule has 1 aliphatic carbocycles. The largest absolute Gasteiger partial charge is 0.363 e. The highest BCUT2D eigenvalue weighted by Crippen LogP contribution is 2.37. The first kappa shape index (κ1) is 22.4. The molecule has 2 aromatic carbocycles. The third kappa shape index (κ3) is 4.47. The number of benzene rings is 2. The SMILES string of the molecule is CC(C)N1C2CCC1CC(NC(=O)Nc1ccc3nc(NC4CCc5ccccc54)ccc3c1)C2. The molecule has 6 rings (SSSR count). The molecule has 6 nitrogen and oxygen atoms in total. The van der Waals surface area contributed by atoms with Gasteiger partial charge in [0.15, 0.2) is 0 Å². The van der Waals surface area contributed by atoms with Gasteiger partial charge in [0.2, 0.25) is 0 Å². The normalized spacial score (nSPS) is 25.6. The summed E-state index contributed by atoms with van der Waals surface area (Å²) in [5.74, 6) is 0.889. The van der Waals surface area contributed by atoms with Gasteiger partial charge in [0.1, 0.15) is 5.82 Å². The van der Waals surface area contributed by atoms with Gasteiger partial charge in [-0.3, -0.25) is 4.90 Å². The molecule has 35 heavy (non-hydrogen) atoms. The molecule has 3 aliphatic rings. The molecule has 2 aliphatic heterocycles. The van der Waals surface area contributed by atoms with Crippen LogP contribution in [-0.2, 0) is 6.42 Å². The Hall–Kier alpha value is -3.12. The highest BCUT2D eigenvalue weighted by atomic mass is 16.2. The number of pyridine rings is 1. The van der Waals surface area contributed by atoms with Crippen LogP contribution in [0.5, 0.6) is 0 Å². The summed E-state index contributed by atoms with van der Waals surface area (Å²) >= 11 is 0. The van der Waals surface area contributed by atoms with Crippen molar-refractivity contribution in [1.29, 1.82) is 0 Å². The van der Waals surface area contributed by atoms with Crippen molar-refractivity contribution < 1.29 is 4.79 Å². The predicted octanol–water partition coefficient (Wildman–Crippen LogP) is 5.86. The standard InChI is InChI=1S/C29H35N5O/c1-18(2)34-23-10-11-24(34)17-22(16-23)31-29(35)30-21-9-13-26-20(15-21)8-14-28(32-26)33-27-12-7-19-5-3-4-6-25(19)27/h3-6,8-9,13-15,18,22-24,27H,7,10-12,16-17H2,1-2H3,(H,32,33)(H2,30,31,35). The van der Waals surface area contributed by atoms with Gasteiger partial charge >= 0.3 is 6.03 Å². The predicted molar refractivity (Wildman–Crippen MR) is 142 cm³/mol. The van der Waals surface area contributed by atoms with Crippen LogP contribution in [0, 0.1) is 0 Å². The van der Waals surface area contributed by atoms with Crippen molar-refractivity contribution in [3.8, 4) is 0 Å². The molecule has 3 atom stereocenters. The molecule has 0 radical (unpaired) electrons. The van der Waals surface area contributed by atoms with Crippen molar-refractivity contribution >= 4 is 28.4 Å². The second-order valence-corrected chi connectivity index (χ2v) is 10.7. The monoisotopic (exact) mass is 469 g/mol. The van der Waals surface area contributed by atoms with Crippen LogP contribution >= 0.6 is 0 Å². The number of anilines is 2. The summed E-state index contributed by atoms with van der Waals surface area (Å²) in [4.78, 5) is 20.2. The lowest BCUT2D eigenvalue weighted by molar-refractivity contribution is 0.0876. The van der Waals surface area contributed by atoms with Crippen LogP contribution in [0.15, 0.2) is 54.6 Å². The Kier molecular flexibility index (Phi) is 5.85. The van der Waals surface area contributed by atoms with Crippen LogP contribution in [-0.4, -0.2) is 40.1 Å². The minimum Gasteiger partial charge on any atom is -0.363 e. The zero-order chi connectivity index (χ0) is 23.9. The van der Waals surface area contributed by atoms with Gasteiger partial charge in [0.05, 0.1) is 11.6 Å². The van der Waals surface area contributed by atoms with Crippen LogP contribution in [0.25, 0.3) is 10.9 Å². The molecule has 3 unspecified atom stereocenters. The van der Waals surface area contributed by atoms with E-state index in [0.29, 0.717) is 24.2 Å². The minimum atomic E-state index is -0.113. The molecular weight excluding hydrogens is 434 g/mol. The van der Waals surface area contributed by atoms with Crippen molar-refractivity contribution in [1.82, 2.24) is 15.2 Å². The summed E-state index contributed by atoms with van der Waals surface area (Å²) < 4.78 is 0. The third-order valence-electron chi connectivity index (χ3n) is 8.12. The Morgan fingerprint density at radius 1 is 1.00 bits per heavy atom. The van der Waals surface area contributed by atoms with E-state index in [1.807, 2.05) is 24.3 Å². The zero-order valence-electron chi connectivity index (χ0n) is 20.6. The topological polar surface area (TPSA) is 69.3 Å². The van der Waals surface area contributed by atoms with Gasteiger partial charge in [-0.25, -0.2) is 9.78 Å². The Morgan fingerprint density at radius 3 is 2.60 bits per heavy atom. The Morgan fingerprint density at radius 2 is 1.80 bits per heavy atom. The van der Waals surface area contributed by atoms with Gasteiger partial charge in [-0.15, -0.1) is 0 Å². The smallest absolute Gasteiger partial charge is 0.319 e. The molecule has 0 spiro atoms. The number of aromatic nitrogens is 1. The lowest BCUT2D eigenvalue weighted by Crippen LogP contribution is -2.53. The van der Waals surface area contributed by atoms with Crippen molar-refractivity contribution in [2.45, 2.75) is 82.6 Å². The Labute approximate surface area is 207 Å². The summed E-state index contributed by atoms with van der Waals surface area (Å²) in [7, 11) is 0. The molecule has 182 valence electrons. The van der Waals surface area contributed by atoms with Crippen molar-refractivity contribution in [2.24, 2.45) is 0 Å². The maximum absolute atomic E-state index is 12.8. The van der Waals surface area contributed by atoms with Gasteiger partial charge in [-0.1, -0.05) is 24.3 Å². The molecular formula is C29H35N5O. The number of amides is 2. The maximum Gasteiger partial charge on any atom is 0.319 e. The zero-order valence-corrected chi connectivity index (χ0v) is 20.6. The lowest BCUT2D eigenvalue weighted by Gasteiger charge is -2.41. The first-order valence-electron chi connectivity index (χ1n) is 13.1. The summed E-state index contributed by atoms with van der Waals surface area (Å²) in [6.07, 6.45) is 6.80. The number of nitrogens with one attached hydrogen (secondary N) is 3. The highest BCUT2D eigenvalue weighted by Gasteiger charge is 2.42. The van der Waals surface area contributed by atoms with Crippen LogP contribution < -0.4 is 16.0 Å². The molecule has 0 saturated carbocycles. The number of piperidine rings is 1. The first-order valence-corrected chi connectivity index (χ1v) is 13.1. The van der Waals surface area contributed by atoms with Gasteiger partial charge in [-0.2, -0.15) is 0 Å². The highest BCUT2D eigenvalue weighted by molar-refractivity contribution is 5.93. The van der Waals surface area contributed by atoms with Crippen molar-refractivity contribution in [3.05, 3.63) is 65.7 Å². The van der Waals surface area contributed by atoms with E-state index in [4.69, 9.17) is 4.98 Å². The summed E-state index contributed by atoms with van der Waals surface area (Å²) in [6.45, 7) is 4.57. The molecule has 1 aromatic heterocycles. The average Bonchev–Trinajstić information content (AvgIpc) is 3.37. The number of hydrogen-bond donors (Lipinski definition) is 3. The van der Waals surface area contributed by atoms with Gasteiger partial charge < -0.3 is 16.0 Å². The number of urea groups is 1. The van der Waals surface area contributed by atoms with E-state index in [0.717, 1.165) is 48.1 Å². The fraction of sp³-hybridized carbons (Fsp3) is 0.448. The van der Waals surface area contributed by atoms with E-state index in [2.05, 4.69) is 65.0 Å². The quantitative estimate of drug-likeness (QED) is 0.438. The van der Waals surface area contributed by atoms with Crippen LogP contribution in [0.3, 0.4) is 0 Å². The number of hydrogen-bond acceptors (Lipinski definition) is 4. The van der Waals surface area contributed by atoms with E-state index in [1.54, 1.807) is 0 Å². The minimum absolute atomic E-state index is 0.113. The second kappa shape index (κ2) is 9.15. The summed E-state index contributed by atoms with van der Waals surface area (Å²) in [5, 5.41) is 10.9. The molecule has 2 amide bonds. The Balaban J connectivity index is 1.08. The second-order valence-electron chi connectivity index (χ2n) is 10.7. The van der Waals surface area contributed by atoms with Crippen molar-refractivity contribution in [3.63, 3.8) is 0 Å². The van der Waals surface area contributed by atoms with E-state index < -0.39 is 0 Å². The number of fused-ring (bicyclic) bond motifs is 4. The third-order valence-corrected chi connectivity index (χ3v) is 8.12. The van der Waals surface area contributed by atoms with Gasteiger partial charge in [0.25, 0.3) is 0 Å². The van der Waals surface area contributed by atoms with E-state index in [9.17, 15) is 4.79 Å². The fourth-order valence-corrected chi connectivity index (χ4v) is 6.70. The average molecular weight is 470 g/mol.